The van der Waals surface area contributed by atoms with Gasteiger partial charge in [-0.2, -0.15) is 9.97 Å². The number of hydrogen-bond donors (Lipinski definition) is 3. The number of benzene rings is 2. The number of nitrogens with zero attached hydrogens (tertiary/aromatic N) is 4. The van der Waals surface area contributed by atoms with E-state index in [1.165, 1.54) is 11.1 Å². The average molecular weight is 472 g/mol. The van der Waals surface area contributed by atoms with Gasteiger partial charge < -0.3 is 30.0 Å². The molecule has 9 nitrogen and oxygen atoms in total. The average Bonchev–Trinajstić information content (AvgIpc) is 3.53. The SMILES string of the molecule is CCOc1cc(N2CCOCC2)ccc1Nc1nc(NC2CCc3ccccc32)c2[nH]cnc2n1. The van der Waals surface area contributed by atoms with Crippen molar-refractivity contribution in [2.24, 2.45) is 0 Å². The van der Waals surface area contributed by atoms with E-state index in [2.05, 4.69) is 66.9 Å². The van der Waals surface area contributed by atoms with E-state index < -0.39 is 0 Å². The van der Waals surface area contributed by atoms with Crippen molar-refractivity contribution in [3.63, 3.8) is 0 Å². The van der Waals surface area contributed by atoms with Gasteiger partial charge >= 0.3 is 0 Å². The van der Waals surface area contributed by atoms with Crippen molar-refractivity contribution in [3.05, 3.63) is 59.9 Å². The zero-order valence-electron chi connectivity index (χ0n) is 19.8. The van der Waals surface area contributed by atoms with Crippen LogP contribution in [0, 0.1) is 0 Å². The summed E-state index contributed by atoms with van der Waals surface area (Å²) in [4.78, 5) is 19.4. The van der Waals surface area contributed by atoms with Crippen LogP contribution >= 0.6 is 0 Å². The molecule has 0 bridgehead atoms. The molecule has 9 heteroatoms. The number of hydrogen-bond acceptors (Lipinski definition) is 8. The Hall–Kier alpha value is -3.85. The highest BCUT2D eigenvalue weighted by molar-refractivity contribution is 5.84. The monoisotopic (exact) mass is 471 g/mol. The van der Waals surface area contributed by atoms with Crippen LogP contribution in [0.1, 0.15) is 30.5 Å². The molecule has 1 unspecified atom stereocenters. The molecule has 3 heterocycles. The Morgan fingerprint density at radius 3 is 2.91 bits per heavy atom. The summed E-state index contributed by atoms with van der Waals surface area (Å²) < 4.78 is 11.5. The molecule has 35 heavy (non-hydrogen) atoms. The van der Waals surface area contributed by atoms with Crippen LogP contribution in [0.5, 0.6) is 5.75 Å². The van der Waals surface area contributed by atoms with E-state index in [1.807, 2.05) is 13.0 Å². The maximum atomic E-state index is 5.98. The highest BCUT2D eigenvalue weighted by Gasteiger charge is 2.24. The summed E-state index contributed by atoms with van der Waals surface area (Å²) in [7, 11) is 0. The Labute approximate surface area is 203 Å². The van der Waals surface area contributed by atoms with Gasteiger partial charge in [0.2, 0.25) is 5.95 Å². The highest BCUT2D eigenvalue weighted by atomic mass is 16.5. The lowest BCUT2D eigenvalue weighted by Crippen LogP contribution is -2.36. The van der Waals surface area contributed by atoms with Crippen LogP contribution in [0.25, 0.3) is 11.2 Å². The molecular formula is C26H29N7O2. The Kier molecular flexibility index (Phi) is 5.83. The largest absolute Gasteiger partial charge is 0.492 e. The second kappa shape index (κ2) is 9.42. The number of aromatic amines is 1. The summed E-state index contributed by atoms with van der Waals surface area (Å²) >= 11 is 0. The van der Waals surface area contributed by atoms with E-state index in [9.17, 15) is 0 Å². The standard InChI is InChI=1S/C26H29N7O2/c1-2-35-22-15-18(33-11-13-34-14-12-33)8-10-21(22)30-26-31-24-23(27-16-28-24)25(32-26)29-20-9-7-17-5-3-4-6-19(17)20/h3-6,8,10,15-16,20H,2,7,9,11-14H2,1H3,(H3,27,28,29,30,31,32). The van der Waals surface area contributed by atoms with Gasteiger partial charge in [0.1, 0.15) is 11.3 Å². The fraction of sp³-hybridized carbons (Fsp3) is 0.346. The third-order valence-corrected chi connectivity index (χ3v) is 6.62. The van der Waals surface area contributed by atoms with Gasteiger partial charge in [0, 0.05) is 24.8 Å². The minimum absolute atomic E-state index is 0.201. The second-order valence-electron chi connectivity index (χ2n) is 8.77. The molecule has 1 fully saturated rings. The number of nitrogens with one attached hydrogen (secondary N) is 3. The van der Waals surface area contributed by atoms with Gasteiger partial charge in [-0.15, -0.1) is 0 Å². The molecule has 6 rings (SSSR count). The fourth-order valence-corrected chi connectivity index (χ4v) is 4.89. The number of aryl methyl sites for hydroxylation is 1. The molecule has 4 aromatic rings. The molecular weight excluding hydrogens is 442 g/mol. The van der Waals surface area contributed by atoms with Gasteiger partial charge in [-0.1, -0.05) is 24.3 Å². The molecule has 1 aliphatic carbocycles. The number of fused-ring (bicyclic) bond motifs is 2. The summed E-state index contributed by atoms with van der Waals surface area (Å²) in [5, 5.41) is 7.00. The quantitative estimate of drug-likeness (QED) is 0.364. The van der Waals surface area contributed by atoms with E-state index in [4.69, 9.17) is 14.5 Å². The van der Waals surface area contributed by atoms with E-state index >= 15 is 0 Å². The van der Waals surface area contributed by atoms with Crippen molar-refractivity contribution in [2.45, 2.75) is 25.8 Å². The van der Waals surface area contributed by atoms with Crippen molar-refractivity contribution in [1.82, 2.24) is 19.9 Å². The Morgan fingerprint density at radius 2 is 2.03 bits per heavy atom. The summed E-state index contributed by atoms with van der Waals surface area (Å²) in [6.07, 6.45) is 3.74. The van der Waals surface area contributed by atoms with Crippen molar-refractivity contribution in [3.8, 4) is 5.75 Å². The van der Waals surface area contributed by atoms with E-state index in [-0.39, 0.29) is 6.04 Å². The smallest absolute Gasteiger partial charge is 0.231 e. The van der Waals surface area contributed by atoms with Crippen LogP contribution in [0.4, 0.5) is 23.1 Å². The lowest BCUT2D eigenvalue weighted by molar-refractivity contribution is 0.122. The molecule has 2 aromatic carbocycles. The topological polar surface area (TPSA) is 100 Å². The maximum Gasteiger partial charge on any atom is 0.231 e. The zero-order valence-corrected chi connectivity index (χ0v) is 19.8. The van der Waals surface area contributed by atoms with E-state index in [0.29, 0.717) is 18.2 Å². The van der Waals surface area contributed by atoms with Gasteiger partial charge in [0.15, 0.2) is 11.5 Å². The number of imidazole rings is 1. The Morgan fingerprint density at radius 1 is 1.14 bits per heavy atom. The first-order chi connectivity index (χ1) is 17.3. The summed E-state index contributed by atoms with van der Waals surface area (Å²) in [5.41, 5.74) is 6.06. The van der Waals surface area contributed by atoms with Gasteiger partial charge in [0.25, 0.3) is 0 Å². The van der Waals surface area contributed by atoms with E-state index in [1.54, 1.807) is 6.33 Å². The number of ether oxygens (including phenoxy) is 2. The summed E-state index contributed by atoms with van der Waals surface area (Å²) in [6, 6.07) is 15.0. The number of H-pyrrole nitrogens is 1. The van der Waals surface area contributed by atoms with Crippen molar-refractivity contribution < 1.29 is 9.47 Å². The summed E-state index contributed by atoms with van der Waals surface area (Å²) in [6.45, 7) is 5.77. The van der Waals surface area contributed by atoms with Crippen LogP contribution in [0.2, 0.25) is 0 Å². The molecule has 1 saturated heterocycles. The van der Waals surface area contributed by atoms with Crippen LogP contribution in [0.15, 0.2) is 48.8 Å². The second-order valence-corrected chi connectivity index (χ2v) is 8.77. The lowest BCUT2D eigenvalue weighted by Gasteiger charge is -2.29. The molecule has 1 aliphatic heterocycles. The molecule has 0 radical (unpaired) electrons. The molecule has 1 atom stereocenters. The molecule has 0 spiro atoms. The van der Waals surface area contributed by atoms with Gasteiger partial charge in [0.05, 0.1) is 37.9 Å². The summed E-state index contributed by atoms with van der Waals surface area (Å²) in [5.74, 6) is 1.97. The number of rotatable bonds is 7. The van der Waals surface area contributed by atoms with Gasteiger partial charge in [-0.25, -0.2) is 4.98 Å². The molecule has 2 aromatic heterocycles. The van der Waals surface area contributed by atoms with Crippen LogP contribution in [0.3, 0.4) is 0 Å². The van der Waals surface area contributed by atoms with Gasteiger partial charge in [-0.3, -0.25) is 0 Å². The molecule has 0 amide bonds. The predicted octanol–water partition coefficient (Wildman–Crippen LogP) is 4.43. The Bertz CT molecular complexity index is 1330. The molecule has 3 N–H and O–H groups in total. The minimum atomic E-state index is 0.201. The van der Waals surface area contributed by atoms with Crippen LogP contribution in [-0.2, 0) is 11.2 Å². The molecule has 2 aliphatic rings. The normalized spacial score (nSPS) is 17.4. The Balaban J connectivity index is 1.30. The van der Waals surface area contributed by atoms with E-state index in [0.717, 1.165) is 67.6 Å². The number of aromatic nitrogens is 4. The fourth-order valence-electron chi connectivity index (χ4n) is 4.89. The van der Waals surface area contributed by atoms with Crippen LogP contribution < -0.4 is 20.3 Å². The van der Waals surface area contributed by atoms with Crippen molar-refractivity contribution in [1.29, 1.82) is 0 Å². The predicted molar refractivity (Wildman–Crippen MR) is 137 cm³/mol. The van der Waals surface area contributed by atoms with Gasteiger partial charge in [-0.05, 0) is 43.0 Å². The maximum absolute atomic E-state index is 5.98. The van der Waals surface area contributed by atoms with Crippen molar-refractivity contribution in [2.75, 3.05) is 48.4 Å². The van der Waals surface area contributed by atoms with Crippen LogP contribution in [-0.4, -0.2) is 52.8 Å². The van der Waals surface area contributed by atoms with Crippen molar-refractivity contribution >= 4 is 34.3 Å². The number of morpholine rings is 1. The first kappa shape index (κ1) is 21.7. The number of anilines is 4. The zero-order chi connectivity index (χ0) is 23.6. The first-order valence-electron chi connectivity index (χ1n) is 12.2. The highest BCUT2D eigenvalue weighted by Crippen LogP contribution is 2.36. The third kappa shape index (κ3) is 4.35. The first-order valence-corrected chi connectivity index (χ1v) is 12.2. The molecule has 0 saturated carbocycles. The third-order valence-electron chi connectivity index (χ3n) is 6.62. The minimum Gasteiger partial charge on any atom is -0.492 e. The molecule has 180 valence electrons. The lowest BCUT2D eigenvalue weighted by atomic mass is 10.1.